The zero-order chi connectivity index (χ0) is 25.1. The predicted molar refractivity (Wildman–Crippen MR) is 147 cm³/mol. The molecule has 0 bridgehead atoms. The van der Waals surface area contributed by atoms with Crippen LogP contribution in [0.5, 0.6) is 0 Å². The van der Waals surface area contributed by atoms with Crippen molar-refractivity contribution in [3.63, 3.8) is 0 Å². The number of hydrogen-bond acceptors (Lipinski definition) is 7. The molecule has 1 fully saturated rings. The van der Waals surface area contributed by atoms with E-state index in [1.807, 2.05) is 63.4 Å². The maximum Gasteiger partial charge on any atom is 0.273 e. The van der Waals surface area contributed by atoms with Crippen molar-refractivity contribution in [2.75, 3.05) is 32.7 Å². The molecule has 1 saturated heterocycles. The Kier molecular flexibility index (Phi) is 7.93. The fourth-order valence-corrected chi connectivity index (χ4v) is 6.23. The van der Waals surface area contributed by atoms with Crippen molar-refractivity contribution in [2.45, 2.75) is 17.8 Å². The van der Waals surface area contributed by atoms with E-state index < -0.39 is 0 Å². The highest BCUT2D eigenvalue weighted by Crippen LogP contribution is 2.35. The van der Waals surface area contributed by atoms with Gasteiger partial charge in [-0.05, 0) is 30.8 Å². The Balaban J connectivity index is 1.37. The molecule has 186 valence electrons. The summed E-state index contributed by atoms with van der Waals surface area (Å²) in [5.41, 5.74) is 2.04. The number of nitrogens with zero attached hydrogens (tertiary/aromatic N) is 6. The van der Waals surface area contributed by atoms with Gasteiger partial charge in [-0.15, -0.1) is 21.5 Å². The summed E-state index contributed by atoms with van der Waals surface area (Å²) in [6, 6.07) is 15.1. The number of carbonyl (C=O) groups is 1. The number of hydrogen-bond donors (Lipinski definition) is 0. The summed E-state index contributed by atoms with van der Waals surface area (Å²) < 4.78 is 1.92. The Morgan fingerprint density at radius 1 is 1.00 bits per heavy atom. The highest BCUT2D eigenvalue weighted by Gasteiger charge is 2.24. The topological polar surface area (TPSA) is 67.2 Å². The molecule has 3 heterocycles. The number of halogens is 2. The van der Waals surface area contributed by atoms with Gasteiger partial charge in [0.15, 0.2) is 11.0 Å². The average Bonchev–Trinajstić information content (AvgIpc) is 3.55. The fraction of sp³-hybridized carbons (Fsp3) is 0.280. The molecule has 0 radical (unpaired) electrons. The first-order chi connectivity index (χ1) is 17.5. The number of likely N-dealkylation sites (N-methyl/N-ethyl adjacent to an activating group) is 1. The van der Waals surface area contributed by atoms with Gasteiger partial charge in [0, 0.05) is 37.1 Å². The Bertz CT molecular complexity index is 1370. The summed E-state index contributed by atoms with van der Waals surface area (Å²) in [4.78, 5) is 21.8. The summed E-state index contributed by atoms with van der Waals surface area (Å²) in [5, 5.41) is 13.4. The molecule has 0 atom stereocenters. The first kappa shape index (κ1) is 25.2. The van der Waals surface area contributed by atoms with Crippen LogP contribution in [0.4, 0.5) is 0 Å². The molecule has 11 heteroatoms. The van der Waals surface area contributed by atoms with Gasteiger partial charge in [-0.3, -0.25) is 9.36 Å². The molecule has 7 nitrogen and oxygen atoms in total. The zero-order valence-electron chi connectivity index (χ0n) is 19.6. The minimum atomic E-state index is -0.00140. The zero-order valence-corrected chi connectivity index (χ0v) is 22.7. The van der Waals surface area contributed by atoms with Crippen LogP contribution >= 0.6 is 46.3 Å². The van der Waals surface area contributed by atoms with Crippen LogP contribution in [0.25, 0.3) is 17.1 Å². The number of aromatic nitrogens is 4. The lowest BCUT2D eigenvalue weighted by atomic mass is 10.2. The first-order valence-corrected chi connectivity index (χ1v) is 14.2. The van der Waals surface area contributed by atoms with E-state index in [0.29, 0.717) is 32.5 Å². The number of amides is 1. The second-order valence-electron chi connectivity index (χ2n) is 8.21. The van der Waals surface area contributed by atoms with Gasteiger partial charge in [-0.1, -0.05) is 66.2 Å². The largest absolute Gasteiger partial charge is 0.335 e. The number of carbonyl (C=O) groups excluding carboxylic acids is 1. The van der Waals surface area contributed by atoms with E-state index in [1.165, 1.54) is 23.1 Å². The second-order valence-corrected chi connectivity index (χ2v) is 10.9. The van der Waals surface area contributed by atoms with E-state index in [-0.39, 0.29) is 5.91 Å². The predicted octanol–water partition coefficient (Wildman–Crippen LogP) is 5.77. The van der Waals surface area contributed by atoms with Crippen LogP contribution in [-0.4, -0.2) is 68.2 Å². The quantitative estimate of drug-likeness (QED) is 0.268. The standard InChI is InChI=1S/C25H24Cl2N6OS2/c1-2-31-11-13-32(14-12-31)24(34)20-15-35-22(28-20)16-36-25-30-29-23(17-7-3-4-8-18(17)26)33(25)21-10-6-5-9-19(21)27/h3-10,15H,2,11-14,16H2,1H3. The van der Waals surface area contributed by atoms with E-state index in [4.69, 9.17) is 23.2 Å². The smallest absolute Gasteiger partial charge is 0.273 e. The number of rotatable bonds is 7. The number of piperazine rings is 1. The molecule has 5 rings (SSSR count). The lowest BCUT2D eigenvalue weighted by Crippen LogP contribution is -2.48. The van der Waals surface area contributed by atoms with Gasteiger partial charge in [0.05, 0.1) is 21.5 Å². The van der Waals surface area contributed by atoms with Crippen molar-refractivity contribution in [3.05, 3.63) is 74.7 Å². The van der Waals surface area contributed by atoms with E-state index in [9.17, 15) is 4.79 Å². The van der Waals surface area contributed by atoms with Crippen molar-refractivity contribution < 1.29 is 4.79 Å². The maximum absolute atomic E-state index is 12.9. The van der Waals surface area contributed by atoms with Crippen LogP contribution in [0.15, 0.2) is 59.1 Å². The first-order valence-electron chi connectivity index (χ1n) is 11.6. The van der Waals surface area contributed by atoms with Crippen LogP contribution in [0.1, 0.15) is 22.4 Å². The van der Waals surface area contributed by atoms with Crippen molar-refractivity contribution in [3.8, 4) is 17.1 Å². The van der Waals surface area contributed by atoms with Crippen LogP contribution in [0.3, 0.4) is 0 Å². The van der Waals surface area contributed by atoms with Crippen molar-refractivity contribution in [1.29, 1.82) is 0 Å². The molecule has 1 amide bonds. The number of benzene rings is 2. The van der Waals surface area contributed by atoms with Crippen molar-refractivity contribution in [1.82, 2.24) is 29.5 Å². The highest BCUT2D eigenvalue weighted by atomic mass is 35.5. The Morgan fingerprint density at radius 3 is 2.44 bits per heavy atom. The fourth-order valence-electron chi connectivity index (χ4n) is 4.06. The number of thiazole rings is 1. The number of thioether (sulfide) groups is 1. The molecule has 0 unspecified atom stereocenters. The minimum absolute atomic E-state index is 0.00140. The van der Waals surface area contributed by atoms with Gasteiger partial charge in [-0.25, -0.2) is 4.98 Å². The molecule has 1 aliphatic heterocycles. The molecule has 2 aromatic heterocycles. The molecule has 4 aromatic rings. The molecule has 0 saturated carbocycles. The highest BCUT2D eigenvalue weighted by molar-refractivity contribution is 7.98. The van der Waals surface area contributed by atoms with Gasteiger partial charge in [-0.2, -0.15) is 0 Å². The van der Waals surface area contributed by atoms with Gasteiger partial charge in [0.1, 0.15) is 10.7 Å². The molecule has 0 aliphatic carbocycles. The molecule has 0 spiro atoms. The van der Waals surface area contributed by atoms with E-state index in [2.05, 4.69) is 27.0 Å². The van der Waals surface area contributed by atoms with Gasteiger partial charge in [0.25, 0.3) is 5.91 Å². The minimum Gasteiger partial charge on any atom is -0.335 e. The van der Waals surface area contributed by atoms with E-state index >= 15 is 0 Å². The third kappa shape index (κ3) is 5.31. The van der Waals surface area contributed by atoms with Crippen LogP contribution in [-0.2, 0) is 5.75 Å². The Morgan fingerprint density at radius 2 is 1.72 bits per heavy atom. The van der Waals surface area contributed by atoms with Crippen LogP contribution in [0, 0.1) is 0 Å². The molecular weight excluding hydrogens is 535 g/mol. The molecule has 2 aromatic carbocycles. The summed E-state index contributed by atoms with van der Waals surface area (Å²) in [6.07, 6.45) is 0. The van der Waals surface area contributed by atoms with Crippen LogP contribution in [0.2, 0.25) is 10.0 Å². The SMILES string of the molecule is CCN1CCN(C(=O)c2csc(CSc3nnc(-c4ccccc4Cl)n3-c3ccccc3Cl)n2)CC1. The summed E-state index contributed by atoms with van der Waals surface area (Å²) in [7, 11) is 0. The second kappa shape index (κ2) is 11.3. The lowest BCUT2D eigenvalue weighted by molar-refractivity contribution is 0.0638. The lowest BCUT2D eigenvalue weighted by Gasteiger charge is -2.33. The molecular formula is C25H24Cl2N6OS2. The monoisotopic (exact) mass is 558 g/mol. The molecule has 36 heavy (non-hydrogen) atoms. The van der Waals surface area contributed by atoms with Crippen molar-refractivity contribution in [2.24, 2.45) is 0 Å². The third-order valence-electron chi connectivity index (χ3n) is 6.04. The molecule has 1 aliphatic rings. The van der Waals surface area contributed by atoms with E-state index in [0.717, 1.165) is 49.0 Å². The molecule has 0 N–H and O–H groups in total. The van der Waals surface area contributed by atoms with Gasteiger partial charge < -0.3 is 9.80 Å². The third-order valence-corrected chi connectivity index (χ3v) is 8.66. The Labute approximate surface area is 228 Å². The Hall–Kier alpha value is -2.43. The normalized spacial score (nSPS) is 14.4. The average molecular weight is 560 g/mol. The number of para-hydroxylation sites is 1. The maximum atomic E-state index is 12.9. The van der Waals surface area contributed by atoms with Gasteiger partial charge >= 0.3 is 0 Å². The summed E-state index contributed by atoms with van der Waals surface area (Å²) >= 11 is 16.0. The summed E-state index contributed by atoms with van der Waals surface area (Å²) in [6.45, 7) is 6.43. The van der Waals surface area contributed by atoms with Crippen molar-refractivity contribution >= 4 is 52.2 Å². The van der Waals surface area contributed by atoms with Gasteiger partial charge in [0.2, 0.25) is 0 Å². The van der Waals surface area contributed by atoms with E-state index in [1.54, 1.807) is 0 Å². The summed E-state index contributed by atoms with van der Waals surface area (Å²) in [5.74, 6) is 1.16. The van der Waals surface area contributed by atoms with Crippen LogP contribution < -0.4 is 0 Å².